The molecular weight excluding hydrogens is 276 g/mol. The summed E-state index contributed by atoms with van der Waals surface area (Å²) in [6, 6.07) is 16.0. The van der Waals surface area contributed by atoms with Gasteiger partial charge >= 0.3 is 0 Å². The van der Waals surface area contributed by atoms with Gasteiger partial charge in [0.05, 0.1) is 11.3 Å². The summed E-state index contributed by atoms with van der Waals surface area (Å²) in [5.41, 5.74) is 2.36. The molecule has 0 saturated heterocycles. The lowest BCUT2D eigenvalue weighted by Gasteiger charge is -2.07. The van der Waals surface area contributed by atoms with Crippen molar-refractivity contribution in [2.45, 2.75) is 0 Å². The maximum atomic E-state index is 12.2. The number of nitrogens with zero attached hydrogens (tertiary/aromatic N) is 2. The Hall–Kier alpha value is -3.39. The topological polar surface area (TPSA) is 81.6 Å². The number of aromatic amines is 1. The molecule has 0 saturated carbocycles. The van der Waals surface area contributed by atoms with E-state index in [2.05, 4.69) is 21.4 Å². The molecule has 0 unspecified atom stereocenters. The first kappa shape index (κ1) is 13.6. The molecule has 0 bridgehead atoms. The molecule has 0 aliphatic carbocycles. The number of rotatable bonds is 3. The third-order valence-electron chi connectivity index (χ3n) is 3.21. The summed E-state index contributed by atoms with van der Waals surface area (Å²) in [7, 11) is 0. The van der Waals surface area contributed by atoms with Crippen molar-refractivity contribution < 1.29 is 4.79 Å². The smallest absolute Gasteiger partial charge is 0.255 e. The van der Waals surface area contributed by atoms with Crippen molar-refractivity contribution in [1.29, 1.82) is 5.26 Å². The van der Waals surface area contributed by atoms with Crippen LogP contribution in [0.15, 0.2) is 60.9 Å². The van der Waals surface area contributed by atoms with E-state index in [-0.39, 0.29) is 5.91 Å². The van der Waals surface area contributed by atoms with E-state index in [0.717, 1.165) is 11.4 Å². The van der Waals surface area contributed by atoms with E-state index in [0.29, 0.717) is 16.8 Å². The van der Waals surface area contributed by atoms with E-state index in [9.17, 15) is 4.79 Å². The molecule has 3 rings (SSSR count). The molecule has 0 aliphatic rings. The monoisotopic (exact) mass is 288 g/mol. The summed E-state index contributed by atoms with van der Waals surface area (Å²) in [5, 5.41) is 11.8. The van der Waals surface area contributed by atoms with Gasteiger partial charge in [-0.15, -0.1) is 0 Å². The molecular formula is C17H12N4O. The number of imidazole rings is 1. The summed E-state index contributed by atoms with van der Waals surface area (Å²) in [6.45, 7) is 0. The van der Waals surface area contributed by atoms with Crippen LogP contribution in [-0.2, 0) is 0 Å². The normalized spacial score (nSPS) is 9.95. The highest BCUT2D eigenvalue weighted by Crippen LogP contribution is 2.18. The van der Waals surface area contributed by atoms with E-state index in [1.165, 1.54) is 0 Å². The molecule has 0 atom stereocenters. The minimum atomic E-state index is -0.256. The summed E-state index contributed by atoms with van der Waals surface area (Å²) in [6.07, 6.45) is 3.42. The second-order valence-electron chi connectivity index (χ2n) is 4.63. The van der Waals surface area contributed by atoms with Crippen molar-refractivity contribution in [3.63, 3.8) is 0 Å². The number of para-hydroxylation sites is 1. The van der Waals surface area contributed by atoms with Crippen LogP contribution in [0.2, 0.25) is 0 Å². The van der Waals surface area contributed by atoms with Crippen molar-refractivity contribution in [1.82, 2.24) is 9.97 Å². The molecule has 5 heteroatoms. The maximum Gasteiger partial charge on any atom is 0.255 e. The van der Waals surface area contributed by atoms with Crippen molar-refractivity contribution in [2.24, 2.45) is 0 Å². The number of amides is 1. The molecule has 1 heterocycles. The average molecular weight is 288 g/mol. The van der Waals surface area contributed by atoms with Crippen molar-refractivity contribution >= 4 is 11.6 Å². The zero-order chi connectivity index (χ0) is 15.4. The molecule has 3 aromatic rings. The number of H-pyrrole nitrogens is 1. The Balaban J connectivity index is 1.80. The highest BCUT2D eigenvalue weighted by Gasteiger charge is 2.09. The number of benzene rings is 2. The molecule has 0 radical (unpaired) electrons. The summed E-state index contributed by atoms with van der Waals surface area (Å²) in [5.74, 6) is 0.496. The van der Waals surface area contributed by atoms with Gasteiger partial charge in [-0.2, -0.15) is 5.26 Å². The molecule has 0 fully saturated rings. The lowest BCUT2D eigenvalue weighted by atomic mass is 10.1. The largest absolute Gasteiger partial charge is 0.345 e. The highest BCUT2D eigenvalue weighted by atomic mass is 16.1. The van der Waals surface area contributed by atoms with Crippen LogP contribution in [0, 0.1) is 11.3 Å². The number of hydrogen-bond donors (Lipinski definition) is 2. The predicted octanol–water partition coefficient (Wildman–Crippen LogP) is 3.20. The molecule has 22 heavy (non-hydrogen) atoms. The van der Waals surface area contributed by atoms with Crippen LogP contribution in [0.5, 0.6) is 0 Å². The van der Waals surface area contributed by atoms with Crippen molar-refractivity contribution in [3.8, 4) is 17.5 Å². The third kappa shape index (κ3) is 2.72. The number of aromatic nitrogens is 2. The van der Waals surface area contributed by atoms with E-state index in [1.54, 1.807) is 48.8 Å². The molecule has 2 aromatic carbocycles. The molecule has 0 spiro atoms. The SMILES string of the molecule is N#Cc1ccccc1NC(=O)c1ccc(-c2ncc[nH]2)cc1. The standard InChI is InChI=1S/C17H12N4O/c18-11-14-3-1-2-4-15(14)21-17(22)13-7-5-12(6-8-13)16-19-9-10-20-16/h1-10H,(H,19,20)(H,21,22). The highest BCUT2D eigenvalue weighted by molar-refractivity contribution is 6.05. The molecule has 106 valence electrons. The van der Waals surface area contributed by atoms with Gasteiger partial charge in [-0.1, -0.05) is 24.3 Å². The number of nitrogens with one attached hydrogen (secondary N) is 2. The number of anilines is 1. The first-order valence-electron chi connectivity index (χ1n) is 6.68. The fraction of sp³-hybridized carbons (Fsp3) is 0. The van der Waals surface area contributed by atoms with E-state index >= 15 is 0 Å². The van der Waals surface area contributed by atoms with Gasteiger partial charge in [0, 0.05) is 23.5 Å². The molecule has 0 aliphatic heterocycles. The maximum absolute atomic E-state index is 12.2. The fourth-order valence-corrected chi connectivity index (χ4v) is 2.09. The zero-order valence-corrected chi connectivity index (χ0v) is 11.6. The van der Waals surface area contributed by atoms with Crippen LogP contribution in [0.4, 0.5) is 5.69 Å². The third-order valence-corrected chi connectivity index (χ3v) is 3.21. The molecule has 1 amide bonds. The van der Waals surface area contributed by atoms with Crippen molar-refractivity contribution in [3.05, 3.63) is 72.1 Å². The van der Waals surface area contributed by atoms with Gasteiger partial charge in [0.25, 0.3) is 5.91 Å². The predicted molar refractivity (Wildman–Crippen MR) is 83.1 cm³/mol. The second kappa shape index (κ2) is 5.94. The Morgan fingerprint density at radius 2 is 1.91 bits per heavy atom. The Morgan fingerprint density at radius 3 is 2.59 bits per heavy atom. The minimum Gasteiger partial charge on any atom is -0.345 e. The Bertz CT molecular complexity index is 830. The number of hydrogen-bond acceptors (Lipinski definition) is 3. The zero-order valence-electron chi connectivity index (χ0n) is 11.6. The Morgan fingerprint density at radius 1 is 1.14 bits per heavy atom. The van der Waals surface area contributed by atoms with Crippen molar-refractivity contribution in [2.75, 3.05) is 5.32 Å². The average Bonchev–Trinajstić information content (AvgIpc) is 3.10. The minimum absolute atomic E-state index is 0.256. The fourth-order valence-electron chi connectivity index (χ4n) is 2.09. The van der Waals surface area contributed by atoms with Gasteiger partial charge in [-0.25, -0.2) is 4.98 Å². The van der Waals surface area contributed by atoms with Crippen LogP contribution in [0.3, 0.4) is 0 Å². The summed E-state index contributed by atoms with van der Waals surface area (Å²) in [4.78, 5) is 19.4. The lowest BCUT2D eigenvalue weighted by Crippen LogP contribution is -2.12. The quantitative estimate of drug-likeness (QED) is 0.776. The summed E-state index contributed by atoms with van der Waals surface area (Å²) >= 11 is 0. The number of carbonyl (C=O) groups excluding carboxylic acids is 1. The number of nitriles is 1. The second-order valence-corrected chi connectivity index (χ2v) is 4.63. The molecule has 5 nitrogen and oxygen atoms in total. The van der Waals surface area contributed by atoms with E-state index in [4.69, 9.17) is 5.26 Å². The Labute approximate surface area is 127 Å². The van der Waals surface area contributed by atoms with Gasteiger partial charge in [0.15, 0.2) is 0 Å². The summed E-state index contributed by atoms with van der Waals surface area (Å²) < 4.78 is 0. The first-order chi connectivity index (χ1) is 10.8. The van der Waals surface area contributed by atoms with Gasteiger partial charge < -0.3 is 10.3 Å². The van der Waals surface area contributed by atoms with Crippen LogP contribution < -0.4 is 5.32 Å². The van der Waals surface area contributed by atoms with Gasteiger partial charge in [0.2, 0.25) is 0 Å². The van der Waals surface area contributed by atoms with Crippen LogP contribution in [0.25, 0.3) is 11.4 Å². The molecule has 1 aromatic heterocycles. The molecule has 2 N–H and O–H groups in total. The van der Waals surface area contributed by atoms with Crippen LogP contribution in [0.1, 0.15) is 15.9 Å². The Kier molecular flexibility index (Phi) is 3.67. The van der Waals surface area contributed by atoms with Crippen LogP contribution >= 0.6 is 0 Å². The van der Waals surface area contributed by atoms with E-state index in [1.807, 2.05) is 12.1 Å². The van der Waals surface area contributed by atoms with Gasteiger partial charge in [-0.3, -0.25) is 4.79 Å². The lowest BCUT2D eigenvalue weighted by molar-refractivity contribution is 0.102. The van der Waals surface area contributed by atoms with E-state index < -0.39 is 0 Å². The van der Waals surface area contributed by atoms with Gasteiger partial charge in [-0.05, 0) is 24.3 Å². The number of carbonyl (C=O) groups is 1. The first-order valence-corrected chi connectivity index (χ1v) is 6.68. The van der Waals surface area contributed by atoms with Gasteiger partial charge in [0.1, 0.15) is 11.9 Å². The van der Waals surface area contributed by atoms with Crippen LogP contribution in [-0.4, -0.2) is 15.9 Å².